The zero-order valence-electron chi connectivity index (χ0n) is 15.5. The van der Waals surface area contributed by atoms with Crippen LogP contribution < -0.4 is 4.84 Å². The third-order valence-electron chi connectivity index (χ3n) is 4.90. The van der Waals surface area contributed by atoms with Gasteiger partial charge in [-0.2, -0.15) is 0 Å². The molecule has 2 aliphatic rings. The van der Waals surface area contributed by atoms with Gasteiger partial charge in [-0.3, -0.25) is 0 Å². The average Bonchev–Trinajstić information content (AvgIpc) is 2.70. The molecule has 28 heavy (non-hydrogen) atoms. The molecule has 11 nitrogen and oxygen atoms in total. The monoisotopic (exact) mass is 431 g/mol. The molecule has 0 radical (unpaired) electrons. The highest BCUT2D eigenvalue weighted by atomic mass is 35.5. The zero-order valence-corrected chi connectivity index (χ0v) is 16.3. The van der Waals surface area contributed by atoms with Gasteiger partial charge in [-0.25, -0.2) is 4.84 Å². The Hall–Kier alpha value is -0.150. The van der Waals surface area contributed by atoms with Gasteiger partial charge in [0.25, 0.3) is 0 Å². The minimum absolute atomic E-state index is 0.344. The summed E-state index contributed by atoms with van der Waals surface area (Å²) < 4.78 is 22.1. The van der Waals surface area contributed by atoms with E-state index < -0.39 is 74.6 Å². The molecule has 2 rings (SSSR count). The van der Waals surface area contributed by atoms with Crippen molar-refractivity contribution < 1.29 is 49.6 Å². The van der Waals surface area contributed by atoms with Crippen molar-refractivity contribution in [3.8, 4) is 0 Å². The number of hydrogen-bond acceptors (Lipinski definition) is 11. The maximum Gasteiger partial charge on any atom is 0.187 e. The molecule has 0 aromatic carbocycles. The Balaban J connectivity index is 2.16. The first-order valence-corrected chi connectivity index (χ1v) is 9.65. The van der Waals surface area contributed by atoms with Crippen molar-refractivity contribution in [2.45, 2.75) is 81.1 Å². The zero-order chi connectivity index (χ0) is 20.8. The van der Waals surface area contributed by atoms with Crippen molar-refractivity contribution in [2.75, 3.05) is 19.8 Å². The maximum atomic E-state index is 10.5. The largest absolute Gasteiger partial charge is 0.394 e. The Morgan fingerprint density at radius 2 is 1.50 bits per heavy atom. The van der Waals surface area contributed by atoms with Gasteiger partial charge in [0.2, 0.25) is 0 Å². The van der Waals surface area contributed by atoms with Crippen molar-refractivity contribution in [3.05, 3.63) is 0 Å². The van der Waals surface area contributed by atoms with Crippen LogP contribution in [0.25, 0.3) is 0 Å². The van der Waals surface area contributed by atoms with Gasteiger partial charge in [-0.05, 0) is 18.2 Å². The van der Waals surface area contributed by atoms with E-state index in [2.05, 4.69) is 4.84 Å². The molecule has 0 saturated carbocycles. The number of halogens is 1. The predicted molar refractivity (Wildman–Crippen MR) is 94.0 cm³/mol. The van der Waals surface area contributed by atoms with Gasteiger partial charge in [0.05, 0.1) is 13.2 Å². The fourth-order valence-electron chi connectivity index (χ4n) is 3.17. The molecular weight excluding hydrogens is 402 g/mol. The van der Waals surface area contributed by atoms with Crippen LogP contribution in [0.3, 0.4) is 0 Å². The van der Waals surface area contributed by atoms with Gasteiger partial charge >= 0.3 is 0 Å². The summed E-state index contributed by atoms with van der Waals surface area (Å²) in [6.07, 6.45) is -10.4. The molecule has 12 heteroatoms. The summed E-state index contributed by atoms with van der Waals surface area (Å²) in [5.41, 5.74) is 0. The Morgan fingerprint density at radius 1 is 0.893 bits per heavy atom. The summed E-state index contributed by atoms with van der Waals surface area (Å²) in [5.74, 6) is 0. The van der Waals surface area contributed by atoms with E-state index in [0.717, 1.165) is 12.8 Å². The average molecular weight is 432 g/mol. The summed E-state index contributed by atoms with van der Waals surface area (Å²) in [4.78, 5) is 2.41. The summed E-state index contributed by atoms with van der Waals surface area (Å²) in [5, 5.41) is 59.3. The van der Waals surface area contributed by atoms with Crippen LogP contribution in [0, 0.1) is 0 Å². The van der Waals surface area contributed by atoms with Crippen molar-refractivity contribution in [1.82, 2.24) is 4.84 Å². The van der Waals surface area contributed by atoms with Crippen LogP contribution in [-0.2, 0) is 18.9 Å². The van der Waals surface area contributed by atoms with Gasteiger partial charge in [-0.15, -0.1) is 0 Å². The Kier molecular flexibility index (Phi) is 9.73. The smallest absolute Gasteiger partial charge is 0.187 e. The molecule has 7 N–H and O–H groups in total. The van der Waals surface area contributed by atoms with Crippen molar-refractivity contribution in [3.63, 3.8) is 0 Å². The summed E-state index contributed by atoms with van der Waals surface area (Å²) >= 11 is 5.80. The first kappa shape index (κ1) is 24.1. The van der Waals surface area contributed by atoms with Gasteiger partial charge in [0, 0.05) is 6.61 Å². The number of rotatable bonds is 9. The van der Waals surface area contributed by atoms with Gasteiger partial charge < -0.3 is 49.6 Å². The molecule has 0 spiro atoms. The highest BCUT2D eigenvalue weighted by molar-refractivity contribution is 6.13. The number of hydrogen-bond donors (Lipinski definition) is 7. The number of aliphatic hydroxyl groups is 6. The highest BCUT2D eigenvalue weighted by Gasteiger charge is 2.51. The summed E-state index contributed by atoms with van der Waals surface area (Å²) in [6, 6.07) is -0.913. The van der Waals surface area contributed by atoms with Crippen LogP contribution in [0.4, 0.5) is 0 Å². The lowest BCUT2D eigenvalue weighted by Crippen LogP contribution is -2.66. The molecule has 0 aliphatic carbocycles. The van der Waals surface area contributed by atoms with Crippen LogP contribution in [0.1, 0.15) is 19.8 Å². The number of nitrogens with one attached hydrogen (secondary N) is 1. The van der Waals surface area contributed by atoms with E-state index in [-0.39, 0.29) is 0 Å². The number of aliphatic hydroxyl groups excluding tert-OH is 6. The van der Waals surface area contributed by atoms with E-state index in [4.69, 9.17) is 30.7 Å². The lowest BCUT2D eigenvalue weighted by atomic mass is 9.96. The Labute approximate surface area is 167 Å². The van der Waals surface area contributed by atoms with Crippen molar-refractivity contribution >= 4 is 11.8 Å². The second-order valence-electron chi connectivity index (χ2n) is 6.87. The lowest BCUT2D eigenvalue weighted by Gasteiger charge is -2.46. The first-order valence-electron chi connectivity index (χ1n) is 9.27. The molecule has 2 heterocycles. The fraction of sp³-hybridized carbons (Fsp3) is 1.00. The van der Waals surface area contributed by atoms with Crippen molar-refractivity contribution in [2.24, 2.45) is 0 Å². The van der Waals surface area contributed by atoms with Crippen LogP contribution in [0.5, 0.6) is 0 Å². The second kappa shape index (κ2) is 11.3. The minimum Gasteiger partial charge on any atom is -0.394 e. The van der Waals surface area contributed by atoms with E-state index in [1.165, 1.54) is 0 Å². The van der Waals surface area contributed by atoms with Gasteiger partial charge in [-0.1, -0.05) is 13.3 Å². The second-order valence-corrected chi connectivity index (χ2v) is 7.09. The van der Waals surface area contributed by atoms with Crippen LogP contribution in [-0.4, -0.2) is 112 Å². The molecule has 2 aliphatic heterocycles. The third kappa shape index (κ3) is 5.31. The number of ether oxygens (including phenoxy) is 4. The van der Waals surface area contributed by atoms with Crippen LogP contribution >= 0.6 is 11.8 Å². The van der Waals surface area contributed by atoms with Crippen LogP contribution in [0.15, 0.2) is 0 Å². The first-order chi connectivity index (χ1) is 13.4. The Morgan fingerprint density at radius 3 is 2.07 bits per heavy atom. The molecule has 10 atom stereocenters. The highest BCUT2D eigenvalue weighted by Crippen LogP contribution is 2.29. The standard InChI is InChI=1S/C16H30ClNO10/c1-2-3-4-25-15-9(18-17)14(11(22)8(6-20)26-15)28-16-13(24)12(23)10(21)7(5-19)27-16/h7-16,18-24H,2-6H2,1H3/t7?,8?,9?,10-,11+,12?,13-,14+,15-,16-/m0/s1. The van der Waals surface area contributed by atoms with E-state index in [9.17, 15) is 30.6 Å². The van der Waals surface area contributed by atoms with Gasteiger partial charge in [0.15, 0.2) is 12.6 Å². The van der Waals surface area contributed by atoms with Crippen molar-refractivity contribution in [1.29, 1.82) is 0 Å². The van der Waals surface area contributed by atoms with Gasteiger partial charge in [0.1, 0.15) is 48.8 Å². The lowest BCUT2D eigenvalue weighted by molar-refractivity contribution is -0.344. The normalized spacial score (nSPS) is 44.6. The minimum atomic E-state index is -1.66. The SMILES string of the molecule is CCCCO[C@H]1OC(CO)[C@@H](O)[C@H](O[C@@H]2OC(CO)[C@H](O)C(O)[C@@H]2O)C1NCl. The van der Waals surface area contributed by atoms with E-state index in [1.54, 1.807) is 0 Å². The molecule has 2 saturated heterocycles. The number of unbranched alkanes of at least 4 members (excludes halogenated alkanes) is 1. The topological polar surface area (TPSA) is 170 Å². The molecule has 2 fully saturated rings. The molecule has 0 bridgehead atoms. The molecule has 4 unspecified atom stereocenters. The fourth-order valence-corrected chi connectivity index (χ4v) is 3.39. The molecule has 0 amide bonds. The maximum absolute atomic E-state index is 10.5. The molecule has 166 valence electrons. The molecule has 0 aromatic heterocycles. The van der Waals surface area contributed by atoms with E-state index in [0.29, 0.717) is 6.61 Å². The van der Waals surface area contributed by atoms with E-state index >= 15 is 0 Å². The third-order valence-corrected chi connectivity index (χ3v) is 5.15. The predicted octanol–water partition coefficient (Wildman–Crippen LogP) is -2.82. The Bertz CT molecular complexity index is 461. The van der Waals surface area contributed by atoms with E-state index in [1.807, 2.05) is 6.92 Å². The summed E-state index contributed by atoms with van der Waals surface area (Å²) in [6.45, 7) is 1.17. The molecule has 0 aromatic rings. The molecular formula is C16H30ClNO10. The van der Waals surface area contributed by atoms with Crippen LogP contribution in [0.2, 0.25) is 0 Å². The summed E-state index contributed by atoms with van der Waals surface area (Å²) in [7, 11) is 0. The quantitative estimate of drug-likeness (QED) is 0.148.